The maximum Gasteiger partial charge on any atom is 0.242 e. The molecule has 1 aromatic rings. The lowest BCUT2D eigenvalue weighted by atomic mass is 9.83. The molecule has 4 amide bonds. The highest BCUT2D eigenvalue weighted by molar-refractivity contribution is 7.11. The topological polar surface area (TPSA) is 115 Å². The number of likely N-dealkylation sites (tertiary alicyclic amines) is 1. The number of thiazole rings is 1. The Morgan fingerprint density at radius 2 is 1.74 bits per heavy atom. The van der Waals surface area contributed by atoms with E-state index in [0.717, 1.165) is 41.5 Å². The van der Waals surface area contributed by atoms with Gasteiger partial charge in [-0.15, -0.1) is 11.3 Å². The third-order valence-corrected chi connectivity index (χ3v) is 9.82. The molecule has 214 valence electrons. The van der Waals surface area contributed by atoms with Gasteiger partial charge < -0.3 is 29.7 Å². The molecule has 1 aromatic heterocycles. The van der Waals surface area contributed by atoms with Gasteiger partial charge in [-0.3, -0.25) is 19.2 Å². The molecule has 3 saturated heterocycles. The van der Waals surface area contributed by atoms with Crippen molar-refractivity contribution in [3.05, 3.63) is 15.6 Å². The molecule has 0 aromatic carbocycles. The Labute approximate surface area is 233 Å². The third-order valence-electron chi connectivity index (χ3n) is 8.64. The van der Waals surface area contributed by atoms with Crippen molar-refractivity contribution in [3.8, 4) is 0 Å². The highest BCUT2D eigenvalue weighted by Gasteiger charge is 2.40. The summed E-state index contributed by atoms with van der Waals surface area (Å²) in [4.78, 5) is 66.8. The minimum absolute atomic E-state index is 0.0552. The summed E-state index contributed by atoms with van der Waals surface area (Å²) in [7, 11) is 2.03. The van der Waals surface area contributed by atoms with Crippen LogP contribution in [0.5, 0.6) is 0 Å². The van der Waals surface area contributed by atoms with Gasteiger partial charge in [0.1, 0.15) is 13.1 Å². The van der Waals surface area contributed by atoms with Crippen LogP contribution in [0.25, 0.3) is 0 Å². The number of nitrogens with one attached hydrogen (secondary N) is 1. The van der Waals surface area contributed by atoms with Crippen molar-refractivity contribution in [1.82, 2.24) is 29.9 Å². The van der Waals surface area contributed by atoms with Gasteiger partial charge in [-0.05, 0) is 39.7 Å². The van der Waals surface area contributed by atoms with Crippen LogP contribution in [0, 0.1) is 6.92 Å². The molecule has 6 heterocycles. The second-order valence-electron chi connectivity index (χ2n) is 11.4. The first-order valence-electron chi connectivity index (χ1n) is 14.1. The van der Waals surface area contributed by atoms with Crippen LogP contribution in [0.1, 0.15) is 53.6 Å². The molecule has 0 radical (unpaired) electrons. The maximum atomic E-state index is 13.9. The number of rotatable bonds is 2. The van der Waals surface area contributed by atoms with Gasteiger partial charge in [-0.1, -0.05) is 0 Å². The smallest absolute Gasteiger partial charge is 0.242 e. The lowest BCUT2D eigenvalue weighted by Crippen LogP contribution is -2.58. The van der Waals surface area contributed by atoms with Crippen LogP contribution in [0.4, 0.5) is 0 Å². The van der Waals surface area contributed by atoms with Gasteiger partial charge in [-0.2, -0.15) is 0 Å². The number of hydrogen-bond acceptors (Lipinski definition) is 8. The first kappa shape index (κ1) is 28.0. The fraction of sp³-hybridized carbons (Fsp3) is 0.741. The Hall–Kier alpha value is -2.57. The Bertz CT molecular complexity index is 1090. The molecule has 0 aliphatic carbocycles. The SMILES string of the molecule is Cc1sc2nc1CC(=O)NC1(CCN(C)CC1)CC(=O)N(CC(=O)N1CCOCC1)CC(=O)N1CCC2CC1. The number of piperidine rings is 2. The van der Waals surface area contributed by atoms with Gasteiger partial charge in [-0.25, -0.2) is 4.98 Å². The minimum Gasteiger partial charge on any atom is -0.378 e. The number of morpholine rings is 1. The van der Waals surface area contributed by atoms with Gasteiger partial charge in [0.15, 0.2) is 0 Å². The van der Waals surface area contributed by atoms with Crippen molar-refractivity contribution in [3.63, 3.8) is 0 Å². The van der Waals surface area contributed by atoms with E-state index in [2.05, 4.69) is 10.2 Å². The minimum atomic E-state index is -0.729. The fourth-order valence-electron chi connectivity index (χ4n) is 6.02. The number of nitrogens with zero attached hydrogens (tertiary/aromatic N) is 5. The average molecular weight is 561 g/mol. The second kappa shape index (κ2) is 11.9. The van der Waals surface area contributed by atoms with Gasteiger partial charge in [0, 0.05) is 50.1 Å². The largest absolute Gasteiger partial charge is 0.378 e. The average Bonchev–Trinajstić information content (AvgIpc) is 3.29. The first-order valence-corrected chi connectivity index (χ1v) is 14.9. The molecule has 0 atom stereocenters. The van der Waals surface area contributed by atoms with Gasteiger partial charge in [0.25, 0.3) is 0 Å². The molecule has 12 heteroatoms. The number of hydrogen-bond donors (Lipinski definition) is 1. The summed E-state index contributed by atoms with van der Waals surface area (Å²) < 4.78 is 5.37. The van der Waals surface area contributed by atoms with Crippen LogP contribution in [0.3, 0.4) is 0 Å². The Morgan fingerprint density at radius 3 is 2.44 bits per heavy atom. The van der Waals surface area contributed by atoms with Crippen LogP contribution >= 0.6 is 11.3 Å². The van der Waals surface area contributed by atoms with Gasteiger partial charge in [0.05, 0.1) is 42.3 Å². The fourth-order valence-corrected chi connectivity index (χ4v) is 7.13. The Morgan fingerprint density at radius 1 is 1.05 bits per heavy atom. The lowest BCUT2D eigenvalue weighted by Gasteiger charge is -2.42. The number of carbonyl (C=O) groups excluding carboxylic acids is 4. The molecule has 0 unspecified atom stereocenters. The van der Waals surface area contributed by atoms with Crippen LogP contribution in [0.15, 0.2) is 0 Å². The second-order valence-corrected chi connectivity index (χ2v) is 12.7. The molecule has 5 aliphatic heterocycles. The van der Waals surface area contributed by atoms with Crippen molar-refractivity contribution in [2.75, 3.05) is 72.6 Å². The summed E-state index contributed by atoms with van der Waals surface area (Å²) in [6.45, 7) is 6.29. The standard InChI is InChI=1S/C27H40N6O5S/c1-19-21-15-22(34)29-27(5-9-30(2)10-6-27)16-23(35)33(18-25(37)32-11-13-38-14-12-32)17-24(36)31-7-3-20(4-8-31)26(28-21)39-19/h20H,3-18H2,1-2H3,(H,29,34). The highest BCUT2D eigenvalue weighted by atomic mass is 32.1. The van der Waals surface area contributed by atoms with Crippen LogP contribution in [-0.4, -0.2) is 126 Å². The monoisotopic (exact) mass is 560 g/mol. The van der Waals surface area contributed by atoms with Crippen LogP contribution in [0.2, 0.25) is 0 Å². The van der Waals surface area contributed by atoms with Crippen molar-refractivity contribution >= 4 is 35.0 Å². The molecule has 11 nitrogen and oxygen atoms in total. The van der Waals surface area contributed by atoms with Crippen molar-refractivity contribution in [2.45, 2.75) is 56.9 Å². The van der Waals surface area contributed by atoms with E-state index in [1.807, 2.05) is 18.9 Å². The van der Waals surface area contributed by atoms with Crippen molar-refractivity contribution in [1.29, 1.82) is 0 Å². The van der Waals surface area contributed by atoms with E-state index in [-0.39, 0.29) is 55.5 Å². The normalized spacial score (nSPS) is 23.9. The third kappa shape index (κ3) is 6.60. The lowest BCUT2D eigenvalue weighted by molar-refractivity contribution is -0.148. The molecule has 6 rings (SSSR count). The summed E-state index contributed by atoms with van der Waals surface area (Å²) in [6.07, 6.45) is 3.07. The van der Waals surface area contributed by atoms with E-state index >= 15 is 0 Å². The number of carbonyl (C=O) groups is 4. The van der Waals surface area contributed by atoms with E-state index in [4.69, 9.17) is 9.72 Å². The molecule has 3 fully saturated rings. The predicted molar refractivity (Wildman–Crippen MR) is 145 cm³/mol. The highest BCUT2D eigenvalue weighted by Crippen LogP contribution is 2.33. The van der Waals surface area contributed by atoms with E-state index < -0.39 is 5.54 Å². The predicted octanol–water partition coefficient (Wildman–Crippen LogP) is 0.372. The molecule has 39 heavy (non-hydrogen) atoms. The maximum absolute atomic E-state index is 13.9. The van der Waals surface area contributed by atoms with E-state index in [9.17, 15) is 19.2 Å². The zero-order chi connectivity index (χ0) is 27.6. The van der Waals surface area contributed by atoms with E-state index in [1.165, 1.54) is 4.90 Å². The molecule has 1 spiro atoms. The van der Waals surface area contributed by atoms with Crippen molar-refractivity contribution in [2.24, 2.45) is 0 Å². The zero-order valence-corrected chi connectivity index (χ0v) is 23.9. The summed E-state index contributed by atoms with van der Waals surface area (Å²) in [5.41, 5.74) is 0.0675. The molecular weight excluding hydrogens is 520 g/mol. The molecule has 0 saturated carbocycles. The summed E-state index contributed by atoms with van der Waals surface area (Å²) in [6, 6.07) is 0. The number of amides is 4. The molecule has 5 aliphatic rings. The summed E-state index contributed by atoms with van der Waals surface area (Å²) in [5.74, 6) is -0.474. The van der Waals surface area contributed by atoms with Gasteiger partial charge >= 0.3 is 0 Å². The van der Waals surface area contributed by atoms with E-state index in [0.29, 0.717) is 52.2 Å². The Balaban J connectivity index is 1.42. The zero-order valence-electron chi connectivity index (χ0n) is 23.1. The molecular formula is C27H40N6O5S. The number of ether oxygens (including phenoxy) is 1. The van der Waals surface area contributed by atoms with Crippen molar-refractivity contribution < 1.29 is 23.9 Å². The van der Waals surface area contributed by atoms with Crippen LogP contribution < -0.4 is 5.32 Å². The quantitative estimate of drug-likeness (QED) is 0.556. The summed E-state index contributed by atoms with van der Waals surface area (Å²) in [5, 5.41) is 4.26. The van der Waals surface area contributed by atoms with E-state index in [1.54, 1.807) is 16.2 Å². The molecule has 1 N–H and O–H groups in total. The Kier molecular flexibility index (Phi) is 8.53. The van der Waals surface area contributed by atoms with Crippen LogP contribution in [-0.2, 0) is 30.3 Å². The number of aromatic nitrogens is 1. The van der Waals surface area contributed by atoms with Gasteiger partial charge in [0.2, 0.25) is 23.6 Å². The molecule has 4 bridgehead atoms. The number of fused-ring (bicyclic) bond motifs is 8. The number of aryl methyl sites for hydroxylation is 1. The first-order chi connectivity index (χ1) is 18.7. The summed E-state index contributed by atoms with van der Waals surface area (Å²) >= 11 is 1.65.